The fourth-order valence-corrected chi connectivity index (χ4v) is 0.766. The SMILES string of the molecule is NCCNCCCCCO. The minimum Gasteiger partial charge on any atom is -0.396 e. The fraction of sp³-hybridized carbons (Fsp3) is 1.00. The number of nitrogens with two attached hydrogens (primary N) is 1. The molecule has 0 aliphatic heterocycles. The Labute approximate surface area is 62.6 Å². The first-order valence-electron chi connectivity index (χ1n) is 3.93. The Morgan fingerprint density at radius 3 is 2.50 bits per heavy atom. The Kier molecular flexibility index (Phi) is 8.77. The van der Waals surface area contributed by atoms with Crippen LogP contribution in [0.25, 0.3) is 0 Å². The highest BCUT2D eigenvalue weighted by molar-refractivity contribution is 4.47. The summed E-state index contributed by atoms with van der Waals surface area (Å²) < 4.78 is 0. The van der Waals surface area contributed by atoms with E-state index in [0.29, 0.717) is 13.2 Å². The van der Waals surface area contributed by atoms with Crippen molar-refractivity contribution in [1.29, 1.82) is 0 Å². The summed E-state index contributed by atoms with van der Waals surface area (Å²) in [6.07, 6.45) is 3.17. The smallest absolute Gasteiger partial charge is 0.0431 e. The van der Waals surface area contributed by atoms with Crippen LogP contribution >= 0.6 is 0 Å². The first-order chi connectivity index (χ1) is 4.91. The molecule has 0 aliphatic carbocycles. The van der Waals surface area contributed by atoms with Gasteiger partial charge >= 0.3 is 0 Å². The third kappa shape index (κ3) is 7.88. The van der Waals surface area contributed by atoms with Gasteiger partial charge in [0, 0.05) is 19.7 Å². The van der Waals surface area contributed by atoms with Crippen LogP contribution in [0, 0.1) is 0 Å². The highest BCUT2D eigenvalue weighted by atomic mass is 16.2. The highest BCUT2D eigenvalue weighted by Crippen LogP contribution is 1.90. The van der Waals surface area contributed by atoms with Crippen LogP contribution in [0.3, 0.4) is 0 Å². The van der Waals surface area contributed by atoms with Gasteiger partial charge in [0.1, 0.15) is 0 Å². The molecule has 0 fully saturated rings. The van der Waals surface area contributed by atoms with Crippen LogP contribution in [0.15, 0.2) is 0 Å². The average Bonchev–Trinajstić information content (AvgIpc) is 1.97. The van der Waals surface area contributed by atoms with Crippen LogP contribution in [0.5, 0.6) is 0 Å². The molecule has 10 heavy (non-hydrogen) atoms. The summed E-state index contributed by atoms with van der Waals surface area (Å²) in [5.74, 6) is 0. The van der Waals surface area contributed by atoms with Crippen LogP contribution in [0.2, 0.25) is 0 Å². The fourth-order valence-electron chi connectivity index (χ4n) is 0.766. The van der Waals surface area contributed by atoms with Crippen molar-refractivity contribution in [2.24, 2.45) is 5.73 Å². The first-order valence-corrected chi connectivity index (χ1v) is 3.93. The predicted octanol–water partition coefficient (Wildman–Crippen LogP) is -0.303. The molecule has 0 aromatic carbocycles. The van der Waals surface area contributed by atoms with Crippen LogP contribution in [0.1, 0.15) is 19.3 Å². The highest BCUT2D eigenvalue weighted by Gasteiger charge is 1.86. The summed E-state index contributed by atoms with van der Waals surface area (Å²) in [5, 5.41) is 11.6. The number of unbranched alkanes of at least 4 members (excludes halogenated alkanes) is 2. The normalized spacial score (nSPS) is 10.2. The lowest BCUT2D eigenvalue weighted by Gasteiger charge is -2.00. The molecule has 4 N–H and O–H groups in total. The van der Waals surface area contributed by atoms with Crippen LogP contribution < -0.4 is 11.1 Å². The zero-order valence-corrected chi connectivity index (χ0v) is 6.47. The maximum atomic E-state index is 8.43. The molecule has 0 aromatic heterocycles. The Morgan fingerprint density at radius 1 is 1.10 bits per heavy atom. The number of rotatable bonds is 7. The number of aliphatic hydroxyl groups is 1. The van der Waals surface area contributed by atoms with E-state index in [1.807, 2.05) is 0 Å². The Hall–Kier alpha value is -0.120. The monoisotopic (exact) mass is 146 g/mol. The van der Waals surface area contributed by atoms with Crippen molar-refractivity contribution in [2.75, 3.05) is 26.2 Å². The molecule has 3 nitrogen and oxygen atoms in total. The molecular formula is C7H18N2O. The van der Waals surface area contributed by atoms with Gasteiger partial charge in [0.15, 0.2) is 0 Å². The second kappa shape index (κ2) is 8.88. The summed E-state index contributed by atoms with van der Waals surface area (Å²) in [6, 6.07) is 0. The van der Waals surface area contributed by atoms with Gasteiger partial charge in [0.25, 0.3) is 0 Å². The summed E-state index contributed by atoms with van der Waals surface area (Å²) in [4.78, 5) is 0. The van der Waals surface area contributed by atoms with Crippen molar-refractivity contribution in [1.82, 2.24) is 5.32 Å². The molecule has 0 spiro atoms. The molecular weight excluding hydrogens is 128 g/mol. The van der Waals surface area contributed by atoms with E-state index in [-0.39, 0.29) is 0 Å². The van der Waals surface area contributed by atoms with E-state index in [9.17, 15) is 0 Å². The van der Waals surface area contributed by atoms with Crippen molar-refractivity contribution >= 4 is 0 Å². The first kappa shape index (κ1) is 9.88. The van der Waals surface area contributed by atoms with Gasteiger partial charge in [0.05, 0.1) is 0 Å². The third-order valence-electron chi connectivity index (χ3n) is 1.33. The molecule has 0 amide bonds. The molecule has 0 aliphatic rings. The van der Waals surface area contributed by atoms with Crippen molar-refractivity contribution in [3.8, 4) is 0 Å². The topological polar surface area (TPSA) is 58.3 Å². The molecule has 0 bridgehead atoms. The maximum Gasteiger partial charge on any atom is 0.0431 e. The molecule has 0 saturated heterocycles. The van der Waals surface area contributed by atoms with Gasteiger partial charge in [-0.25, -0.2) is 0 Å². The molecule has 0 rings (SSSR count). The quantitative estimate of drug-likeness (QED) is 0.432. The van der Waals surface area contributed by atoms with E-state index < -0.39 is 0 Å². The number of hydrogen-bond donors (Lipinski definition) is 3. The van der Waals surface area contributed by atoms with E-state index in [1.54, 1.807) is 0 Å². The zero-order chi connectivity index (χ0) is 7.66. The summed E-state index contributed by atoms with van der Waals surface area (Å²) >= 11 is 0. The standard InChI is InChI=1S/C7H18N2O/c8-4-6-9-5-2-1-3-7-10/h9-10H,1-8H2. The minimum atomic E-state index is 0.316. The van der Waals surface area contributed by atoms with E-state index in [4.69, 9.17) is 10.8 Å². The second-order valence-corrected chi connectivity index (χ2v) is 2.32. The van der Waals surface area contributed by atoms with Crippen LogP contribution in [0.4, 0.5) is 0 Å². The summed E-state index contributed by atoms with van der Waals surface area (Å²) in [6.45, 7) is 2.95. The van der Waals surface area contributed by atoms with Gasteiger partial charge in [-0.2, -0.15) is 0 Å². The molecule has 0 unspecified atom stereocenters. The van der Waals surface area contributed by atoms with E-state index >= 15 is 0 Å². The van der Waals surface area contributed by atoms with E-state index in [0.717, 1.165) is 32.4 Å². The van der Waals surface area contributed by atoms with Crippen LogP contribution in [-0.2, 0) is 0 Å². The van der Waals surface area contributed by atoms with E-state index in [2.05, 4.69) is 5.32 Å². The molecule has 0 aromatic rings. The van der Waals surface area contributed by atoms with Crippen LogP contribution in [-0.4, -0.2) is 31.3 Å². The van der Waals surface area contributed by atoms with Crippen molar-refractivity contribution in [2.45, 2.75) is 19.3 Å². The summed E-state index contributed by atoms with van der Waals surface area (Å²) in [7, 11) is 0. The molecule has 3 heteroatoms. The molecule has 0 radical (unpaired) electrons. The Balaban J connectivity index is 2.65. The lowest BCUT2D eigenvalue weighted by molar-refractivity contribution is 0.283. The third-order valence-corrected chi connectivity index (χ3v) is 1.33. The zero-order valence-electron chi connectivity index (χ0n) is 6.47. The molecule has 0 atom stereocenters. The Bertz CT molecular complexity index is 51.6. The van der Waals surface area contributed by atoms with Gasteiger partial charge in [-0.15, -0.1) is 0 Å². The largest absolute Gasteiger partial charge is 0.396 e. The molecule has 0 saturated carbocycles. The van der Waals surface area contributed by atoms with Crippen molar-refractivity contribution < 1.29 is 5.11 Å². The van der Waals surface area contributed by atoms with Gasteiger partial charge in [-0.1, -0.05) is 0 Å². The van der Waals surface area contributed by atoms with Crippen molar-refractivity contribution in [3.63, 3.8) is 0 Å². The van der Waals surface area contributed by atoms with Gasteiger partial charge in [0.2, 0.25) is 0 Å². The molecule has 62 valence electrons. The Morgan fingerprint density at radius 2 is 1.90 bits per heavy atom. The average molecular weight is 146 g/mol. The summed E-state index contributed by atoms with van der Waals surface area (Å²) in [5.41, 5.74) is 5.27. The minimum absolute atomic E-state index is 0.316. The van der Waals surface area contributed by atoms with Gasteiger partial charge < -0.3 is 16.2 Å². The number of hydrogen-bond acceptors (Lipinski definition) is 3. The van der Waals surface area contributed by atoms with E-state index in [1.165, 1.54) is 0 Å². The lowest BCUT2D eigenvalue weighted by Crippen LogP contribution is -2.23. The lowest BCUT2D eigenvalue weighted by atomic mass is 10.2. The predicted molar refractivity (Wildman–Crippen MR) is 42.9 cm³/mol. The number of nitrogens with one attached hydrogen (secondary N) is 1. The number of aliphatic hydroxyl groups excluding tert-OH is 1. The second-order valence-electron chi connectivity index (χ2n) is 2.32. The van der Waals surface area contributed by atoms with Crippen molar-refractivity contribution in [3.05, 3.63) is 0 Å². The van der Waals surface area contributed by atoms with Gasteiger partial charge in [-0.3, -0.25) is 0 Å². The molecule has 0 heterocycles. The van der Waals surface area contributed by atoms with Gasteiger partial charge in [-0.05, 0) is 25.8 Å². The maximum absolute atomic E-state index is 8.43.